The molecular formula is C13H13Cl2NO. The fraction of sp³-hybridized carbons (Fsp3) is 0.308. The number of hydrogen-bond acceptors (Lipinski definition) is 1. The predicted octanol–water partition coefficient (Wildman–Crippen LogP) is 3.53. The molecule has 4 heteroatoms. The van der Waals surface area contributed by atoms with Crippen molar-refractivity contribution < 1.29 is 4.79 Å². The normalized spacial score (nSPS) is 9.71. The number of terminal acetylenes is 1. The number of hydrogen-bond donors (Lipinski definition) is 1. The van der Waals surface area contributed by atoms with Crippen LogP contribution in [-0.2, 0) is 0 Å². The fourth-order valence-corrected chi connectivity index (χ4v) is 1.71. The summed E-state index contributed by atoms with van der Waals surface area (Å²) in [5.41, 5.74) is 0.399. The van der Waals surface area contributed by atoms with E-state index in [0.717, 1.165) is 19.3 Å². The lowest BCUT2D eigenvalue weighted by Crippen LogP contribution is -2.24. The van der Waals surface area contributed by atoms with Crippen molar-refractivity contribution in [1.29, 1.82) is 0 Å². The number of benzene rings is 1. The summed E-state index contributed by atoms with van der Waals surface area (Å²) in [6, 6.07) is 4.99. The lowest BCUT2D eigenvalue weighted by Gasteiger charge is -2.06. The second kappa shape index (κ2) is 7.21. The minimum Gasteiger partial charge on any atom is -0.352 e. The maximum absolute atomic E-state index is 11.8. The van der Waals surface area contributed by atoms with Crippen molar-refractivity contribution >= 4 is 29.1 Å². The Hall–Kier alpha value is -1.17. The van der Waals surface area contributed by atoms with Gasteiger partial charge >= 0.3 is 0 Å². The van der Waals surface area contributed by atoms with E-state index >= 15 is 0 Å². The summed E-state index contributed by atoms with van der Waals surface area (Å²) in [5.74, 6) is 2.34. The van der Waals surface area contributed by atoms with Crippen molar-refractivity contribution in [3.8, 4) is 12.3 Å². The van der Waals surface area contributed by atoms with Crippen LogP contribution in [0.5, 0.6) is 0 Å². The Morgan fingerprint density at radius 3 is 2.82 bits per heavy atom. The largest absolute Gasteiger partial charge is 0.352 e. The zero-order valence-electron chi connectivity index (χ0n) is 9.30. The number of halogens is 2. The Bertz CT molecular complexity index is 438. The van der Waals surface area contributed by atoms with Gasteiger partial charge in [-0.1, -0.05) is 29.3 Å². The van der Waals surface area contributed by atoms with Gasteiger partial charge in [0.1, 0.15) is 0 Å². The molecule has 0 atom stereocenters. The lowest BCUT2D eigenvalue weighted by atomic mass is 10.2. The number of nitrogens with one attached hydrogen (secondary N) is 1. The molecular weight excluding hydrogens is 257 g/mol. The number of rotatable bonds is 5. The van der Waals surface area contributed by atoms with E-state index in [1.54, 1.807) is 18.2 Å². The highest BCUT2D eigenvalue weighted by Gasteiger charge is 2.11. The summed E-state index contributed by atoms with van der Waals surface area (Å²) in [5, 5.41) is 3.44. The summed E-state index contributed by atoms with van der Waals surface area (Å²) in [6.45, 7) is 0.587. The van der Waals surface area contributed by atoms with Crippen molar-refractivity contribution in [2.24, 2.45) is 0 Å². The Balaban J connectivity index is 2.48. The summed E-state index contributed by atoms with van der Waals surface area (Å²) >= 11 is 11.8. The van der Waals surface area contributed by atoms with E-state index in [1.165, 1.54) is 0 Å². The van der Waals surface area contributed by atoms with Gasteiger partial charge in [0.15, 0.2) is 0 Å². The maximum Gasteiger partial charge on any atom is 0.252 e. The van der Waals surface area contributed by atoms with E-state index in [2.05, 4.69) is 11.2 Å². The van der Waals surface area contributed by atoms with Crippen molar-refractivity contribution in [3.05, 3.63) is 33.8 Å². The number of carbonyl (C=O) groups is 1. The summed E-state index contributed by atoms with van der Waals surface area (Å²) < 4.78 is 0. The molecule has 90 valence electrons. The molecule has 1 aromatic carbocycles. The molecule has 0 fully saturated rings. The highest BCUT2D eigenvalue weighted by atomic mass is 35.5. The minimum atomic E-state index is -0.210. The molecule has 1 rings (SSSR count). The van der Waals surface area contributed by atoms with Gasteiger partial charge in [-0.3, -0.25) is 4.79 Å². The highest BCUT2D eigenvalue weighted by Crippen LogP contribution is 2.25. The molecule has 1 aromatic rings. The molecule has 0 radical (unpaired) electrons. The van der Waals surface area contributed by atoms with Crippen molar-refractivity contribution in [2.45, 2.75) is 19.3 Å². The van der Waals surface area contributed by atoms with E-state index < -0.39 is 0 Å². The Kier molecular flexibility index (Phi) is 5.90. The number of amides is 1. The third kappa shape index (κ3) is 4.30. The lowest BCUT2D eigenvalue weighted by molar-refractivity contribution is 0.0953. The van der Waals surface area contributed by atoms with Gasteiger partial charge in [-0.25, -0.2) is 0 Å². The van der Waals surface area contributed by atoms with Gasteiger partial charge in [-0.05, 0) is 25.0 Å². The maximum atomic E-state index is 11.8. The van der Waals surface area contributed by atoms with Crippen LogP contribution in [0.2, 0.25) is 10.0 Å². The van der Waals surface area contributed by atoms with E-state index in [1.807, 2.05) is 0 Å². The molecule has 0 heterocycles. The molecule has 0 aromatic heterocycles. The molecule has 2 nitrogen and oxygen atoms in total. The SMILES string of the molecule is C#CCCCCNC(=O)c1cccc(Cl)c1Cl. The van der Waals surface area contributed by atoms with Crippen LogP contribution >= 0.6 is 23.2 Å². The third-order valence-corrected chi connectivity index (χ3v) is 3.05. The quantitative estimate of drug-likeness (QED) is 0.643. The van der Waals surface area contributed by atoms with Crippen LogP contribution in [0.25, 0.3) is 0 Å². The minimum absolute atomic E-state index is 0.210. The van der Waals surface area contributed by atoms with Gasteiger partial charge in [0.2, 0.25) is 0 Å². The van der Waals surface area contributed by atoms with Crippen LogP contribution in [-0.4, -0.2) is 12.5 Å². The Labute approximate surface area is 111 Å². The van der Waals surface area contributed by atoms with Crippen LogP contribution in [0.1, 0.15) is 29.6 Å². The molecule has 0 saturated carbocycles. The van der Waals surface area contributed by atoms with E-state index in [9.17, 15) is 4.79 Å². The van der Waals surface area contributed by atoms with Gasteiger partial charge in [0, 0.05) is 13.0 Å². The van der Waals surface area contributed by atoms with Gasteiger partial charge in [0.05, 0.1) is 15.6 Å². The number of carbonyl (C=O) groups excluding carboxylic acids is 1. The zero-order valence-corrected chi connectivity index (χ0v) is 10.8. The van der Waals surface area contributed by atoms with Crippen LogP contribution in [0.4, 0.5) is 0 Å². The van der Waals surface area contributed by atoms with Crippen molar-refractivity contribution in [1.82, 2.24) is 5.32 Å². The monoisotopic (exact) mass is 269 g/mol. The molecule has 0 saturated heterocycles. The summed E-state index contributed by atoms with van der Waals surface area (Å²) in [6.07, 6.45) is 7.62. The van der Waals surface area contributed by atoms with Gasteiger partial charge in [-0.2, -0.15) is 0 Å². The predicted molar refractivity (Wildman–Crippen MR) is 71.5 cm³/mol. The second-order valence-corrected chi connectivity index (χ2v) is 4.30. The van der Waals surface area contributed by atoms with E-state index in [-0.39, 0.29) is 10.9 Å². The van der Waals surface area contributed by atoms with Gasteiger partial charge in [-0.15, -0.1) is 12.3 Å². The average Bonchev–Trinajstić information content (AvgIpc) is 2.32. The van der Waals surface area contributed by atoms with E-state index in [0.29, 0.717) is 17.1 Å². The van der Waals surface area contributed by atoms with Crippen LogP contribution < -0.4 is 5.32 Å². The average molecular weight is 270 g/mol. The summed E-state index contributed by atoms with van der Waals surface area (Å²) in [7, 11) is 0. The Morgan fingerprint density at radius 2 is 2.12 bits per heavy atom. The second-order valence-electron chi connectivity index (χ2n) is 3.52. The highest BCUT2D eigenvalue weighted by molar-refractivity contribution is 6.43. The molecule has 1 N–H and O–H groups in total. The topological polar surface area (TPSA) is 29.1 Å². The first kappa shape index (κ1) is 13.9. The fourth-order valence-electron chi connectivity index (χ4n) is 1.33. The molecule has 0 aliphatic rings. The van der Waals surface area contributed by atoms with Crippen LogP contribution in [0, 0.1) is 12.3 Å². The first-order chi connectivity index (χ1) is 8.16. The standard InChI is InChI=1S/C13H13Cl2NO/c1-2-3-4-5-9-16-13(17)10-7-6-8-11(14)12(10)15/h1,6-8H,3-5,9H2,(H,16,17). The molecule has 0 bridgehead atoms. The molecule has 0 spiro atoms. The Morgan fingerprint density at radius 1 is 1.35 bits per heavy atom. The van der Waals surface area contributed by atoms with E-state index in [4.69, 9.17) is 29.6 Å². The van der Waals surface area contributed by atoms with Gasteiger partial charge in [0.25, 0.3) is 5.91 Å². The smallest absolute Gasteiger partial charge is 0.252 e. The third-order valence-electron chi connectivity index (χ3n) is 2.23. The number of unbranched alkanes of at least 4 members (excludes halogenated alkanes) is 2. The van der Waals surface area contributed by atoms with Gasteiger partial charge < -0.3 is 5.32 Å². The molecule has 1 amide bonds. The first-order valence-corrected chi connectivity index (χ1v) is 6.08. The molecule has 17 heavy (non-hydrogen) atoms. The van der Waals surface area contributed by atoms with Crippen LogP contribution in [0.3, 0.4) is 0 Å². The van der Waals surface area contributed by atoms with Crippen molar-refractivity contribution in [2.75, 3.05) is 6.54 Å². The molecule has 0 aliphatic heterocycles. The van der Waals surface area contributed by atoms with Crippen molar-refractivity contribution in [3.63, 3.8) is 0 Å². The molecule has 0 unspecified atom stereocenters. The zero-order chi connectivity index (χ0) is 12.7. The molecule has 0 aliphatic carbocycles. The first-order valence-electron chi connectivity index (χ1n) is 5.32. The summed E-state index contributed by atoms with van der Waals surface area (Å²) in [4.78, 5) is 11.8. The van der Waals surface area contributed by atoms with Crippen LogP contribution in [0.15, 0.2) is 18.2 Å².